The fraction of sp³-hybridized carbons (Fsp3) is 0.231. The van der Waals surface area contributed by atoms with E-state index in [-0.39, 0.29) is 12.5 Å². The monoisotopic (exact) mass is 432 g/mol. The topological polar surface area (TPSA) is 69.2 Å². The Hall–Kier alpha value is -3.80. The summed E-state index contributed by atoms with van der Waals surface area (Å²) in [6, 6.07) is 21.2. The smallest absolute Gasteiger partial charge is 0.265 e. The zero-order valence-electron chi connectivity index (χ0n) is 18.6. The Morgan fingerprint density at radius 1 is 0.969 bits per heavy atom. The maximum atomic E-state index is 12.1. The van der Waals surface area contributed by atoms with Crippen molar-refractivity contribution in [2.24, 2.45) is 5.16 Å². The second kappa shape index (κ2) is 11.6. The van der Waals surface area contributed by atoms with E-state index >= 15 is 0 Å². The Balaban J connectivity index is 1.54. The van der Waals surface area contributed by atoms with Crippen molar-refractivity contribution in [2.75, 3.05) is 18.5 Å². The first-order chi connectivity index (χ1) is 15.6. The number of nitrogens with zero attached hydrogens (tertiary/aromatic N) is 1. The molecule has 0 heterocycles. The molecule has 0 atom stereocenters. The zero-order valence-corrected chi connectivity index (χ0v) is 18.6. The van der Waals surface area contributed by atoms with Crippen molar-refractivity contribution in [3.63, 3.8) is 0 Å². The molecule has 0 spiro atoms. The molecule has 1 amide bonds. The van der Waals surface area contributed by atoms with Gasteiger partial charge in [0.05, 0.1) is 12.8 Å². The standard InChI is InChI=1S/C26H28N2O4/c1-4-30-25-15-22(13-14-24(25)31-17-21-10-6-5-7-11-21)16-27-32-18-26(29)28-23-12-8-9-19(2)20(23)3/h5-16H,4,17-18H2,1-3H3,(H,28,29)/b27-16+. The van der Waals surface area contributed by atoms with Crippen LogP contribution in [0.2, 0.25) is 0 Å². The minimum atomic E-state index is -0.268. The summed E-state index contributed by atoms with van der Waals surface area (Å²) in [5.74, 6) is 1.01. The second-order valence-electron chi connectivity index (χ2n) is 7.22. The fourth-order valence-corrected chi connectivity index (χ4v) is 2.99. The van der Waals surface area contributed by atoms with Gasteiger partial charge >= 0.3 is 0 Å². The Morgan fingerprint density at radius 2 is 1.78 bits per heavy atom. The molecule has 166 valence electrons. The van der Waals surface area contributed by atoms with Gasteiger partial charge in [-0.3, -0.25) is 4.79 Å². The summed E-state index contributed by atoms with van der Waals surface area (Å²) in [5.41, 5.74) is 4.77. The molecule has 6 nitrogen and oxygen atoms in total. The first-order valence-electron chi connectivity index (χ1n) is 10.5. The summed E-state index contributed by atoms with van der Waals surface area (Å²) < 4.78 is 11.6. The number of carbonyl (C=O) groups excluding carboxylic acids is 1. The average molecular weight is 433 g/mol. The van der Waals surface area contributed by atoms with E-state index in [9.17, 15) is 4.79 Å². The van der Waals surface area contributed by atoms with Crippen molar-refractivity contribution in [3.05, 3.63) is 89.0 Å². The van der Waals surface area contributed by atoms with Crippen LogP contribution in [0.25, 0.3) is 0 Å². The van der Waals surface area contributed by atoms with E-state index in [2.05, 4.69) is 10.5 Å². The van der Waals surface area contributed by atoms with E-state index in [0.29, 0.717) is 24.7 Å². The lowest BCUT2D eigenvalue weighted by Crippen LogP contribution is -2.17. The van der Waals surface area contributed by atoms with E-state index in [0.717, 1.165) is 27.9 Å². The summed E-state index contributed by atoms with van der Waals surface area (Å²) in [6.07, 6.45) is 1.54. The second-order valence-corrected chi connectivity index (χ2v) is 7.22. The van der Waals surface area contributed by atoms with Gasteiger partial charge in [-0.05, 0) is 61.7 Å². The van der Waals surface area contributed by atoms with Gasteiger partial charge in [-0.25, -0.2) is 0 Å². The number of aryl methyl sites for hydroxylation is 1. The van der Waals surface area contributed by atoms with Gasteiger partial charge in [0, 0.05) is 11.3 Å². The molecule has 0 fully saturated rings. The fourth-order valence-electron chi connectivity index (χ4n) is 2.99. The molecular weight excluding hydrogens is 404 g/mol. The Labute approximate surface area is 188 Å². The molecule has 0 radical (unpaired) electrons. The minimum absolute atomic E-state index is 0.180. The third kappa shape index (κ3) is 6.60. The number of ether oxygens (including phenoxy) is 2. The van der Waals surface area contributed by atoms with Crippen molar-refractivity contribution in [2.45, 2.75) is 27.4 Å². The molecule has 0 saturated heterocycles. The van der Waals surface area contributed by atoms with Gasteiger partial charge in [0.15, 0.2) is 18.1 Å². The maximum absolute atomic E-state index is 12.1. The van der Waals surface area contributed by atoms with Gasteiger partial charge in [0.2, 0.25) is 0 Å². The van der Waals surface area contributed by atoms with E-state index in [1.54, 1.807) is 0 Å². The van der Waals surface area contributed by atoms with Crippen LogP contribution in [0.4, 0.5) is 5.69 Å². The highest BCUT2D eigenvalue weighted by atomic mass is 16.6. The lowest BCUT2D eigenvalue weighted by atomic mass is 10.1. The highest BCUT2D eigenvalue weighted by Crippen LogP contribution is 2.29. The van der Waals surface area contributed by atoms with Gasteiger partial charge in [-0.15, -0.1) is 0 Å². The summed E-state index contributed by atoms with van der Waals surface area (Å²) in [6.45, 7) is 6.66. The first kappa shape index (κ1) is 22.9. The van der Waals surface area contributed by atoms with Crippen molar-refractivity contribution in [1.29, 1.82) is 0 Å². The molecule has 3 aromatic rings. The van der Waals surface area contributed by atoms with Crippen LogP contribution in [0.5, 0.6) is 11.5 Å². The SMILES string of the molecule is CCOc1cc(/C=N/OCC(=O)Nc2cccc(C)c2C)ccc1OCc1ccccc1. The lowest BCUT2D eigenvalue weighted by Gasteiger charge is -2.12. The molecule has 3 rings (SSSR count). The van der Waals surface area contributed by atoms with Gasteiger partial charge in [-0.1, -0.05) is 47.6 Å². The van der Waals surface area contributed by atoms with Crippen molar-refractivity contribution in [1.82, 2.24) is 0 Å². The minimum Gasteiger partial charge on any atom is -0.490 e. The Bertz CT molecular complexity index is 1060. The molecule has 0 bridgehead atoms. The molecule has 6 heteroatoms. The largest absolute Gasteiger partial charge is 0.490 e. The summed E-state index contributed by atoms with van der Waals surface area (Å²) in [4.78, 5) is 17.3. The number of hydrogen-bond acceptors (Lipinski definition) is 5. The molecule has 0 aliphatic carbocycles. The van der Waals surface area contributed by atoms with Crippen molar-refractivity contribution >= 4 is 17.8 Å². The van der Waals surface area contributed by atoms with E-state index in [1.807, 2.05) is 87.5 Å². The third-order valence-electron chi connectivity index (χ3n) is 4.86. The molecule has 32 heavy (non-hydrogen) atoms. The molecule has 0 unspecified atom stereocenters. The third-order valence-corrected chi connectivity index (χ3v) is 4.86. The Kier molecular flexibility index (Phi) is 8.26. The van der Waals surface area contributed by atoms with Crippen molar-refractivity contribution in [3.8, 4) is 11.5 Å². The zero-order chi connectivity index (χ0) is 22.8. The van der Waals surface area contributed by atoms with Gasteiger partial charge in [-0.2, -0.15) is 0 Å². The predicted molar refractivity (Wildman–Crippen MR) is 126 cm³/mol. The first-order valence-corrected chi connectivity index (χ1v) is 10.5. The summed E-state index contributed by atoms with van der Waals surface area (Å²) >= 11 is 0. The average Bonchev–Trinajstić information content (AvgIpc) is 2.80. The molecule has 3 aromatic carbocycles. The van der Waals surface area contributed by atoms with Crippen LogP contribution in [0.3, 0.4) is 0 Å². The molecule has 1 N–H and O–H groups in total. The van der Waals surface area contributed by atoms with E-state index < -0.39 is 0 Å². The van der Waals surface area contributed by atoms with Crippen LogP contribution in [0, 0.1) is 13.8 Å². The number of carbonyl (C=O) groups is 1. The number of anilines is 1. The number of nitrogens with one attached hydrogen (secondary N) is 1. The molecule has 0 aliphatic rings. The van der Waals surface area contributed by atoms with E-state index in [1.165, 1.54) is 6.21 Å². The summed E-state index contributed by atoms with van der Waals surface area (Å²) in [5, 5.41) is 6.74. The molecule has 0 aliphatic heterocycles. The molecular formula is C26H28N2O4. The lowest BCUT2D eigenvalue weighted by molar-refractivity contribution is -0.120. The normalized spacial score (nSPS) is 10.7. The van der Waals surface area contributed by atoms with Crippen LogP contribution in [-0.4, -0.2) is 25.3 Å². The van der Waals surface area contributed by atoms with Crippen LogP contribution >= 0.6 is 0 Å². The van der Waals surface area contributed by atoms with Gasteiger partial charge in [0.25, 0.3) is 5.91 Å². The number of amides is 1. The number of oxime groups is 1. The van der Waals surface area contributed by atoms with Gasteiger partial charge < -0.3 is 19.6 Å². The maximum Gasteiger partial charge on any atom is 0.265 e. The highest BCUT2D eigenvalue weighted by molar-refractivity contribution is 5.92. The highest BCUT2D eigenvalue weighted by Gasteiger charge is 2.08. The van der Waals surface area contributed by atoms with Crippen LogP contribution in [0.15, 0.2) is 71.9 Å². The van der Waals surface area contributed by atoms with E-state index in [4.69, 9.17) is 14.3 Å². The Morgan fingerprint density at radius 3 is 2.56 bits per heavy atom. The summed E-state index contributed by atoms with van der Waals surface area (Å²) in [7, 11) is 0. The van der Waals surface area contributed by atoms with Crippen LogP contribution in [-0.2, 0) is 16.2 Å². The molecule has 0 aromatic heterocycles. The molecule has 0 saturated carbocycles. The van der Waals surface area contributed by atoms with Crippen LogP contribution < -0.4 is 14.8 Å². The number of rotatable bonds is 10. The quantitative estimate of drug-likeness (QED) is 0.350. The predicted octanol–water partition coefficient (Wildman–Crippen LogP) is 5.27. The number of benzene rings is 3. The van der Waals surface area contributed by atoms with Gasteiger partial charge in [0.1, 0.15) is 6.61 Å². The number of hydrogen-bond donors (Lipinski definition) is 1. The van der Waals surface area contributed by atoms with Crippen LogP contribution in [0.1, 0.15) is 29.2 Å². The van der Waals surface area contributed by atoms with Crippen molar-refractivity contribution < 1.29 is 19.1 Å².